The Morgan fingerprint density at radius 2 is 1.39 bits per heavy atom. The van der Waals surface area contributed by atoms with Crippen LogP contribution in [-0.4, -0.2) is 7.05 Å². The number of anilines is 2. The molecular weight excluding hydrogens is 239 g/mol. The van der Waals surface area contributed by atoms with Gasteiger partial charge in [-0.2, -0.15) is 13.2 Å². The van der Waals surface area contributed by atoms with Gasteiger partial charge < -0.3 is 4.90 Å². The number of para-hydroxylation sites is 2. The average Bonchev–Trinajstić information content (AvgIpc) is 2.38. The highest BCUT2D eigenvalue weighted by molar-refractivity contribution is 5.66. The molecule has 2 rings (SSSR count). The predicted molar refractivity (Wildman–Crippen MR) is 65.9 cm³/mol. The Balaban J connectivity index is 2.46. The molecule has 18 heavy (non-hydrogen) atoms. The van der Waals surface area contributed by atoms with E-state index in [0.717, 1.165) is 6.07 Å². The van der Waals surface area contributed by atoms with Gasteiger partial charge >= 0.3 is 6.18 Å². The summed E-state index contributed by atoms with van der Waals surface area (Å²) in [4.78, 5) is 1.53. The SMILES string of the molecule is CN(c1ccccc1)c1ccccc1C(F)(F)F. The standard InChI is InChI=1S/C14H12F3N/c1-18(11-7-3-2-4-8-11)13-10-6-5-9-12(13)14(15,16)17/h2-10H,1H3. The largest absolute Gasteiger partial charge is 0.418 e. The topological polar surface area (TPSA) is 3.24 Å². The van der Waals surface area contributed by atoms with Crippen molar-refractivity contribution in [2.24, 2.45) is 0 Å². The fourth-order valence-corrected chi connectivity index (χ4v) is 1.80. The number of benzene rings is 2. The van der Waals surface area contributed by atoms with Crippen molar-refractivity contribution in [1.29, 1.82) is 0 Å². The van der Waals surface area contributed by atoms with Gasteiger partial charge in [-0.3, -0.25) is 0 Å². The molecule has 0 N–H and O–H groups in total. The van der Waals surface area contributed by atoms with Gasteiger partial charge in [-0.1, -0.05) is 30.3 Å². The summed E-state index contributed by atoms with van der Waals surface area (Å²) in [5, 5.41) is 0. The first kappa shape index (κ1) is 12.5. The van der Waals surface area contributed by atoms with Crippen LogP contribution in [0.25, 0.3) is 0 Å². The van der Waals surface area contributed by atoms with E-state index in [0.29, 0.717) is 5.69 Å². The third kappa shape index (κ3) is 2.47. The quantitative estimate of drug-likeness (QED) is 0.761. The van der Waals surface area contributed by atoms with Crippen molar-refractivity contribution in [2.75, 3.05) is 11.9 Å². The minimum Gasteiger partial charge on any atom is -0.344 e. The summed E-state index contributed by atoms with van der Waals surface area (Å²) in [6.07, 6.45) is -4.35. The van der Waals surface area contributed by atoms with Crippen LogP contribution in [0.15, 0.2) is 54.6 Å². The Hall–Kier alpha value is -1.97. The van der Waals surface area contributed by atoms with E-state index in [1.165, 1.54) is 17.0 Å². The third-order valence-electron chi connectivity index (χ3n) is 2.71. The lowest BCUT2D eigenvalue weighted by atomic mass is 10.1. The van der Waals surface area contributed by atoms with Crippen LogP contribution >= 0.6 is 0 Å². The second kappa shape index (κ2) is 4.72. The van der Waals surface area contributed by atoms with Crippen LogP contribution in [-0.2, 0) is 6.18 Å². The second-order valence-electron chi connectivity index (χ2n) is 3.91. The summed E-state index contributed by atoms with van der Waals surface area (Å²) in [6.45, 7) is 0. The van der Waals surface area contributed by atoms with Crippen LogP contribution in [0.3, 0.4) is 0 Å². The Labute approximate surface area is 103 Å². The van der Waals surface area contributed by atoms with E-state index in [-0.39, 0.29) is 5.69 Å². The Morgan fingerprint density at radius 3 is 2.00 bits per heavy atom. The molecule has 2 aromatic rings. The average molecular weight is 251 g/mol. The molecule has 1 nitrogen and oxygen atoms in total. The molecule has 0 heterocycles. The summed E-state index contributed by atoms with van der Waals surface area (Å²) in [6, 6.07) is 14.5. The Kier molecular flexibility index (Phi) is 3.28. The number of alkyl halides is 3. The highest BCUT2D eigenvalue weighted by Crippen LogP contribution is 2.38. The molecule has 0 atom stereocenters. The zero-order valence-electron chi connectivity index (χ0n) is 9.78. The smallest absolute Gasteiger partial charge is 0.344 e. The highest BCUT2D eigenvalue weighted by atomic mass is 19.4. The first-order chi connectivity index (χ1) is 8.50. The van der Waals surface area contributed by atoms with E-state index < -0.39 is 11.7 Å². The molecule has 0 saturated carbocycles. The van der Waals surface area contributed by atoms with Gasteiger partial charge in [0.05, 0.1) is 11.3 Å². The van der Waals surface area contributed by atoms with Gasteiger partial charge in [0.25, 0.3) is 0 Å². The lowest BCUT2D eigenvalue weighted by Gasteiger charge is -2.23. The maximum Gasteiger partial charge on any atom is 0.418 e. The molecule has 0 aliphatic rings. The van der Waals surface area contributed by atoms with E-state index in [9.17, 15) is 13.2 Å². The first-order valence-electron chi connectivity index (χ1n) is 5.45. The van der Waals surface area contributed by atoms with Crippen molar-refractivity contribution >= 4 is 11.4 Å². The summed E-state index contributed by atoms with van der Waals surface area (Å²) < 4.78 is 38.7. The van der Waals surface area contributed by atoms with Gasteiger partial charge in [0.1, 0.15) is 0 Å². The highest BCUT2D eigenvalue weighted by Gasteiger charge is 2.34. The summed E-state index contributed by atoms with van der Waals surface area (Å²) in [7, 11) is 1.62. The number of hydrogen-bond acceptors (Lipinski definition) is 1. The van der Waals surface area contributed by atoms with E-state index in [1.54, 1.807) is 37.4 Å². The van der Waals surface area contributed by atoms with Crippen LogP contribution in [0.2, 0.25) is 0 Å². The van der Waals surface area contributed by atoms with Gasteiger partial charge in [-0.15, -0.1) is 0 Å². The van der Waals surface area contributed by atoms with Crippen LogP contribution < -0.4 is 4.90 Å². The van der Waals surface area contributed by atoms with Gasteiger partial charge in [0, 0.05) is 12.7 Å². The molecule has 0 saturated heterocycles. The van der Waals surface area contributed by atoms with Gasteiger partial charge in [-0.05, 0) is 24.3 Å². The summed E-state index contributed by atoms with van der Waals surface area (Å²) in [5.74, 6) is 0. The van der Waals surface area contributed by atoms with Gasteiger partial charge in [0.15, 0.2) is 0 Å². The number of rotatable bonds is 2. The van der Waals surface area contributed by atoms with Gasteiger partial charge in [-0.25, -0.2) is 0 Å². The van der Waals surface area contributed by atoms with Crippen molar-refractivity contribution in [3.05, 3.63) is 60.2 Å². The van der Waals surface area contributed by atoms with Crippen molar-refractivity contribution < 1.29 is 13.2 Å². The van der Waals surface area contributed by atoms with E-state index >= 15 is 0 Å². The van der Waals surface area contributed by atoms with Crippen LogP contribution in [0.1, 0.15) is 5.56 Å². The maximum atomic E-state index is 12.9. The number of nitrogens with zero attached hydrogens (tertiary/aromatic N) is 1. The molecule has 0 spiro atoms. The number of halogens is 3. The number of hydrogen-bond donors (Lipinski definition) is 0. The van der Waals surface area contributed by atoms with E-state index in [4.69, 9.17) is 0 Å². The maximum absolute atomic E-state index is 12.9. The van der Waals surface area contributed by atoms with Crippen molar-refractivity contribution in [3.63, 3.8) is 0 Å². The second-order valence-corrected chi connectivity index (χ2v) is 3.91. The van der Waals surface area contributed by atoms with Gasteiger partial charge in [0.2, 0.25) is 0 Å². The molecule has 0 fully saturated rings. The summed E-state index contributed by atoms with van der Waals surface area (Å²) in [5.41, 5.74) is 0.238. The fraction of sp³-hybridized carbons (Fsp3) is 0.143. The first-order valence-corrected chi connectivity index (χ1v) is 5.45. The van der Waals surface area contributed by atoms with Crippen molar-refractivity contribution in [2.45, 2.75) is 6.18 Å². The molecule has 0 amide bonds. The molecule has 4 heteroatoms. The molecule has 0 aliphatic heterocycles. The predicted octanol–water partition coefficient (Wildman–Crippen LogP) is 4.47. The third-order valence-corrected chi connectivity index (χ3v) is 2.71. The molecule has 2 aromatic carbocycles. The minimum atomic E-state index is -4.35. The Morgan fingerprint density at radius 1 is 0.833 bits per heavy atom. The fourth-order valence-electron chi connectivity index (χ4n) is 1.80. The molecule has 0 aromatic heterocycles. The monoisotopic (exact) mass is 251 g/mol. The van der Waals surface area contributed by atoms with E-state index in [1.807, 2.05) is 6.07 Å². The van der Waals surface area contributed by atoms with Crippen molar-refractivity contribution in [1.82, 2.24) is 0 Å². The normalized spacial score (nSPS) is 11.3. The molecule has 0 aliphatic carbocycles. The molecule has 94 valence electrons. The summed E-state index contributed by atoms with van der Waals surface area (Å²) >= 11 is 0. The zero-order valence-corrected chi connectivity index (χ0v) is 9.78. The van der Waals surface area contributed by atoms with Crippen LogP contribution in [0, 0.1) is 0 Å². The minimum absolute atomic E-state index is 0.149. The molecule has 0 bridgehead atoms. The van der Waals surface area contributed by atoms with Crippen molar-refractivity contribution in [3.8, 4) is 0 Å². The molecule has 0 unspecified atom stereocenters. The lowest BCUT2D eigenvalue weighted by Crippen LogP contribution is -2.16. The van der Waals surface area contributed by atoms with Crippen LogP contribution in [0.5, 0.6) is 0 Å². The van der Waals surface area contributed by atoms with Crippen LogP contribution in [0.4, 0.5) is 24.5 Å². The van der Waals surface area contributed by atoms with E-state index in [2.05, 4.69) is 0 Å². The molecule has 0 radical (unpaired) electrons. The zero-order chi connectivity index (χ0) is 13.2. The molecular formula is C14H12F3N. The lowest BCUT2D eigenvalue weighted by molar-refractivity contribution is -0.137. The Bertz CT molecular complexity index is 520.